The fraction of sp³-hybridized carbons (Fsp3) is 0.226. The third-order valence-electron chi connectivity index (χ3n) is 6.20. The molecule has 13 heteroatoms. The van der Waals surface area contributed by atoms with E-state index in [0.29, 0.717) is 0 Å². The van der Waals surface area contributed by atoms with E-state index in [-0.39, 0.29) is 29.1 Å². The molecule has 44 heavy (non-hydrogen) atoms. The van der Waals surface area contributed by atoms with Crippen LogP contribution in [0.25, 0.3) is 11.0 Å². The van der Waals surface area contributed by atoms with E-state index in [1.807, 2.05) is 0 Å². The van der Waals surface area contributed by atoms with Crippen LogP contribution in [0.1, 0.15) is 35.5 Å². The van der Waals surface area contributed by atoms with Crippen LogP contribution < -0.4 is 20.2 Å². The number of alkyl halides is 3. The van der Waals surface area contributed by atoms with Crippen molar-refractivity contribution >= 4 is 29.0 Å². The van der Waals surface area contributed by atoms with Gasteiger partial charge in [0.05, 0.1) is 18.1 Å². The van der Waals surface area contributed by atoms with Crippen molar-refractivity contribution < 1.29 is 50.9 Å². The maximum atomic E-state index is 14.0. The van der Waals surface area contributed by atoms with Crippen LogP contribution in [0.15, 0.2) is 82.0 Å². The van der Waals surface area contributed by atoms with Gasteiger partial charge in [0.2, 0.25) is 11.2 Å². The van der Waals surface area contributed by atoms with Crippen LogP contribution in [0, 0.1) is 5.92 Å². The Bertz CT molecular complexity index is 1720. The lowest BCUT2D eigenvalue weighted by Gasteiger charge is -2.20. The smallest absolute Gasteiger partial charge is 0.453 e. The van der Waals surface area contributed by atoms with Crippen LogP contribution in [-0.4, -0.2) is 31.2 Å². The minimum absolute atomic E-state index is 0.0394. The van der Waals surface area contributed by atoms with Gasteiger partial charge in [-0.3, -0.25) is 4.79 Å². The molecule has 0 unspecified atom stereocenters. The molecule has 0 aliphatic heterocycles. The molecule has 1 aromatic heterocycles. The molecule has 0 radical (unpaired) electrons. The molecular weight excluding hydrogens is 587 g/mol. The van der Waals surface area contributed by atoms with Crippen molar-refractivity contribution in [3.05, 3.63) is 99.9 Å². The fourth-order valence-electron chi connectivity index (χ4n) is 3.96. The number of hydrogen-bond acceptors (Lipinski definition) is 9. The van der Waals surface area contributed by atoms with Gasteiger partial charge < -0.3 is 28.7 Å². The van der Waals surface area contributed by atoms with E-state index in [4.69, 9.17) is 18.6 Å². The molecule has 0 aliphatic rings. The zero-order valence-corrected chi connectivity index (χ0v) is 23.6. The molecule has 0 aliphatic carbocycles. The maximum Gasteiger partial charge on any atom is 0.453 e. The van der Waals surface area contributed by atoms with Crippen LogP contribution in [0.4, 0.5) is 18.0 Å². The van der Waals surface area contributed by atoms with Crippen molar-refractivity contribution in [2.24, 2.45) is 5.92 Å². The largest absolute Gasteiger partial charge is 0.465 e. The van der Waals surface area contributed by atoms with Crippen molar-refractivity contribution in [2.75, 3.05) is 7.11 Å². The third-order valence-corrected chi connectivity index (χ3v) is 6.20. The summed E-state index contributed by atoms with van der Waals surface area (Å²) in [6, 6.07) is 15.8. The number of methoxy groups -OCH3 is 1. The zero-order valence-electron chi connectivity index (χ0n) is 23.6. The first kappa shape index (κ1) is 31.6. The van der Waals surface area contributed by atoms with Gasteiger partial charge in [0.15, 0.2) is 0 Å². The van der Waals surface area contributed by atoms with Gasteiger partial charge in [-0.05, 0) is 47.9 Å². The highest BCUT2D eigenvalue weighted by atomic mass is 19.4. The predicted molar refractivity (Wildman–Crippen MR) is 149 cm³/mol. The van der Waals surface area contributed by atoms with Gasteiger partial charge >= 0.3 is 24.2 Å². The van der Waals surface area contributed by atoms with E-state index < -0.39 is 58.7 Å². The lowest BCUT2D eigenvalue weighted by molar-refractivity contribution is -0.154. The number of ether oxygens (including phenoxy) is 4. The number of nitrogens with one attached hydrogen (secondary N) is 1. The summed E-state index contributed by atoms with van der Waals surface area (Å²) in [4.78, 5) is 50.0. The van der Waals surface area contributed by atoms with Crippen molar-refractivity contribution in [1.29, 1.82) is 0 Å². The number of rotatable bonds is 9. The minimum Gasteiger partial charge on any atom is -0.465 e. The summed E-state index contributed by atoms with van der Waals surface area (Å²) in [5.41, 5.74) is -0.830. The van der Waals surface area contributed by atoms with Crippen molar-refractivity contribution in [1.82, 2.24) is 5.32 Å². The average molecular weight is 614 g/mol. The van der Waals surface area contributed by atoms with E-state index in [0.717, 1.165) is 17.7 Å². The van der Waals surface area contributed by atoms with Crippen LogP contribution in [0.5, 0.6) is 17.2 Å². The average Bonchev–Trinajstić information content (AvgIpc) is 2.99. The topological polar surface area (TPSA) is 130 Å². The molecule has 230 valence electrons. The number of benzene rings is 3. The van der Waals surface area contributed by atoms with Crippen molar-refractivity contribution in [2.45, 2.75) is 32.7 Å². The molecule has 4 rings (SSSR count). The lowest BCUT2D eigenvalue weighted by Crippen LogP contribution is -2.46. The number of amides is 1. The molecule has 1 heterocycles. The summed E-state index contributed by atoms with van der Waals surface area (Å²) in [7, 11) is 1.17. The maximum absolute atomic E-state index is 14.0. The first-order valence-corrected chi connectivity index (χ1v) is 13.1. The molecule has 1 amide bonds. The van der Waals surface area contributed by atoms with E-state index >= 15 is 0 Å². The summed E-state index contributed by atoms with van der Waals surface area (Å²) >= 11 is 0. The highest BCUT2D eigenvalue weighted by Gasteiger charge is 2.40. The van der Waals surface area contributed by atoms with Gasteiger partial charge in [-0.15, -0.1) is 0 Å². The standard InChI is InChI=1S/C31H26F3NO9/c1-17(2)24(35-30(39)41-16-18-7-5-4-6-8-18)29(38)43-21-13-14-22-23(15-21)44-27(31(32,33)34)26(25(22)36)42-20-11-9-19(10-12-20)28(37)40-3/h4-15,17,24H,16H2,1-3H3,(H,35,39)/t24-/m0/s1. The van der Waals surface area contributed by atoms with Gasteiger partial charge in [-0.1, -0.05) is 44.2 Å². The van der Waals surface area contributed by atoms with Gasteiger partial charge in [0.25, 0.3) is 5.76 Å². The Balaban J connectivity index is 1.56. The monoisotopic (exact) mass is 613 g/mol. The number of alkyl carbamates (subject to hydrolysis) is 1. The molecule has 0 saturated heterocycles. The highest BCUT2D eigenvalue weighted by molar-refractivity contribution is 5.89. The van der Waals surface area contributed by atoms with Crippen LogP contribution in [-0.2, 0) is 27.1 Å². The molecule has 1 N–H and O–H groups in total. The second-order valence-corrected chi connectivity index (χ2v) is 9.71. The summed E-state index contributed by atoms with van der Waals surface area (Å²) in [5, 5.41) is 2.14. The number of fused-ring (bicyclic) bond motifs is 1. The molecule has 3 aromatic carbocycles. The number of esters is 2. The SMILES string of the molecule is COC(=O)c1ccc(Oc2c(C(F)(F)F)oc3cc(OC(=O)[C@@H](NC(=O)OCc4ccccc4)C(C)C)ccc3c2=O)cc1. The molecule has 1 atom stereocenters. The van der Waals surface area contributed by atoms with Crippen molar-refractivity contribution in [3.8, 4) is 17.2 Å². The summed E-state index contributed by atoms with van der Waals surface area (Å²) in [6.45, 7) is 3.24. The van der Waals surface area contributed by atoms with E-state index in [1.165, 1.54) is 37.4 Å². The molecule has 4 aromatic rings. The Labute approximate surface area is 248 Å². The normalized spacial score (nSPS) is 12.0. The van der Waals surface area contributed by atoms with E-state index in [9.17, 15) is 32.3 Å². The number of halogens is 3. The molecule has 0 saturated carbocycles. The number of carbonyl (C=O) groups excluding carboxylic acids is 3. The molecule has 0 bridgehead atoms. The molecule has 0 spiro atoms. The fourth-order valence-corrected chi connectivity index (χ4v) is 3.96. The van der Waals surface area contributed by atoms with E-state index in [2.05, 4.69) is 10.1 Å². The second-order valence-electron chi connectivity index (χ2n) is 9.71. The van der Waals surface area contributed by atoms with Crippen LogP contribution in [0.2, 0.25) is 0 Å². The Morgan fingerprint density at radius 1 is 0.932 bits per heavy atom. The Kier molecular flexibility index (Phi) is 9.57. The molecule has 10 nitrogen and oxygen atoms in total. The first-order chi connectivity index (χ1) is 20.9. The Morgan fingerprint density at radius 3 is 2.20 bits per heavy atom. The van der Waals surface area contributed by atoms with Gasteiger partial charge in [0, 0.05) is 6.07 Å². The van der Waals surface area contributed by atoms with Gasteiger partial charge in [-0.25, -0.2) is 14.4 Å². The van der Waals surface area contributed by atoms with Gasteiger partial charge in [-0.2, -0.15) is 13.2 Å². The summed E-state index contributed by atoms with van der Waals surface area (Å²) < 4.78 is 67.3. The summed E-state index contributed by atoms with van der Waals surface area (Å²) in [5.74, 6) is -5.32. The molecule has 0 fully saturated rings. The van der Waals surface area contributed by atoms with Crippen LogP contribution >= 0.6 is 0 Å². The molecular formula is C31H26F3NO9. The predicted octanol–water partition coefficient (Wildman–Crippen LogP) is 6.25. The van der Waals surface area contributed by atoms with Crippen LogP contribution in [0.3, 0.4) is 0 Å². The third kappa shape index (κ3) is 7.54. The zero-order chi connectivity index (χ0) is 32.0. The quantitative estimate of drug-likeness (QED) is 0.172. The first-order valence-electron chi connectivity index (χ1n) is 13.1. The number of carbonyl (C=O) groups is 3. The van der Waals surface area contributed by atoms with Gasteiger partial charge in [0.1, 0.15) is 29.7 Å². The number of hydrogen-bond donors (Lipinski definition) is 1. The van der Waals surface area contributed by atoms with Crippen molar-refractivity contribution in [3.63, 3.8) is 0 Å². The lowest BCUT2D eigenvalue weighted by atomic mass is 10.1. The van der Waals surface area contributed by atoms with E-state index in [1.54, 1.807) is 44.2 Å². The Morgan fingerprint density at radius 2 is 1.59 bits per heavy atom. The summed E-state index contributed by atoms with van der Waals surface area (Å²) in [6.07, 6.45) is -6.02. The highest BCUT2D eigenvalue weighted by Crippen LogP contribution is 2.38. The minimum atomic E-state index is -5.14. The Hall–Kier alpha value is -5.33. The second kappa shape index (κ2) is 13.3.